The van der Waals surface area contributed by atoms with Crippen LogP contribution in [0.4, 0.5) is 0 Å². The van der Waals surface area contributed by atoms with Gasteiger partial charge in [0, 0.05) is 13.2 Å². The Labute approximate surface area is 95.5 Å². The number of aryl methyl sites for hydroxylation is 2. The zero-order chi connectivity index (χ0) is 12.1. The Hall–Kier alpha value is -1.36. The molecule has 1 aromatic rings. The number of aliphatic hydroxyl groups excluding tert-OH is 1. The van der Waals surface area contributed by atoms with Crippen molar-refractivity contribution < 1.29 is 9.90 Å². The van der Waals surface area contributed by atoms with Crippen LogP contribution < -0.4 is 5.32 Å². The highest BCUT2D eigenvalue weighted by molar-refractivity contribution is 5.95. The minimum absolute atomic E-state index is 0.0377. The normalized spacial score (nSPS) is 12.5. The Morgan fingerprint density at radius 3 is 2.81 bits per heavy atom. The average Bonchev–Trinajstić information content (AvgIpc) is 2.67. The summed E-state index contributed by atoms with van der Waals surface area (Å²) in [7, 11) is 1.79. The Balaban J connectivity index is 2.79. The third kappa shape index (κ3) is 2.82. The first-order valence-corrected chi connectivity index (χ1v) is 5.56. The molecule has 1 rings (SSSR count). The molecule has 0 fully saturated rings. The van der Waals surface area contributed by atoms with E-state index in [1.54, 1.807) is 17.9 Å². The smallest absolute Gasteiger partial charge is 0.255 e. The van der Waals surface area contributed by atoms with Crippen LogP contribution in [0.1, 0.15) is 36.3 Å². The fourth-order valence-electron chi connectivity index (χ4n) is 1.53. The molecular weight excluding hydrogens is 206 g/mol. The molecule has 1 amide bonds. The summed E-state index contributed by atoms with van der Waals surface area (Å²) in [5, 5.41) is 16.0. The molecule has 1 heterocycles. The molecule has 0 aliphatic carbocycles. The summed E-state index contributed by atoms with van der Waals surface area (Å²) in [5.41, 5.74) is 1.38. The molecule has 1 atom stereocenters. The third-order valence-electron chi connectivity index (χ3n) is 2.53. The number of amides is 1. The molecule has 0 radical (unpaired) electrons. The lowest BCUT2D eigenvalue weighted by Gasteiger charge is -2.13. The van der Waals surface area contributed by atoms with Gasteiger partial charge in [-0.1, -0.05) is 13.8 Å². The van der Waals surface area contributed by atoms with E-state index < -0.39 is 0 Å². The van der Waals surface area contributed by atoms with Crippen molar-refractivity contribution in [3.63, 3.8) is 0 Å². The zero-order valence-electron chi connectivity index (χ0n) is 10.0. The number of nitrogens with one attached hydrogen (secondary N) is 1. The van der Waals surface area contributed by atoms with Gasteiger partial charge in [-0.25, -0.2) is 0 Å². The van der Waals surface area contributed by atoms with Crippen molar-refractivity contribution in [2.24, 2.45) is 7.05 Å². The number of aromatic nitrogens is 2. The van der Waals surface area contributed by atoms with Gasteiger partial charge in [0.1, 0.15) is 0 Å². The number of rotatable bonds is 5. The van der Waals surface area contributed by atoms with Gasteiger partial charge in [-0.05, 0) is 12.8 Å². The van der Waals surface area contributed by atoms with E-state index in [0.29, 0.717) is 12.0 Å². The van der Waals surface area contributed by atoms with Crippen LogP contribution in [0.15, 0.2) is 6.20 Å². The summed E-state index contributed by atoms with van der Waals surface area (Å²) in [4.78, 5) is 11.9. The van der Waals surface area contributed by atoms with E-state index in [1.807, 2.05) is 13.8 Å². The molecule has 0 unspecified atom stereocenters. The molecule has 1 aromatic heterocycles. The number of carbonyl (C=O) groups is 1. The first-order chi connectivity index (χ1) is 7.62. The number of aliphatic hydroxyl groups is 1. The van der Waals surface area contributed by atoms with Crippen molar-refractivity contribution >= 4 is 5.91 Å². The molecule has 0 saturated carbocycles. The standard InChI is InChI=1S/C11H19N3O2/c1-4-8(7-15)12-11(16)9-6-14(3)13-10(9)5-2/h6,8,15H,4-5,7H2,1-3H3,(H,12,16)/t8-/m0/s1. The van der Waals surface area contributed by atoms with E-state index >= 15 is 0 Å². The van der Waals surface area contributed by atoms with Gasteiger partial charge in [-0.15, -0.1) is 0 Å². The largest absolute Gasteiger partial charge is 0.394 e. The van der Waals surface area contributed by atoms with Gasteiger partial charge in [0.05, 0.1) is 23.9 Å². The fraction of sp³-hybridized carbons (Fsp3) is 0.636. The molecule has 0 aliphatic heterocycles. The topological polar surface area (TPSA) is 67.2 Å². The number of carbonyl (C=O) groups excluding carboxylic acids is 1. The van der Waals surface area contributed by atoms with Crippen LogP contribution in [0.3, 0.4) is 0 Å². The molecule has 0 saturated heterocycles. The molecule has 0 bridgehead atoms. The molecule has 2 N–H and O–H groups in total. The SMILES string of the molecule is CCc1nn(C)cc1C(=O)N[C@@H](CC)CO. The predicted octanol–water partition coefficient (Wildman–Crippen LogP) is 0.483. The molecule has 5 nitrogen and oxygen atoms in total. The van der Waals surface area contributed by atoms with Crippen LogP contribution in [0, 0.1) is 0 Å². The van der Waals surface area contributed by atoms with E-state index in [-0.39, 0.29) is 18.6 Å². The zero-order valence-corrected chi connectivity index (χ0v) is 10.0. The first kappa shape index (κ1) is 12.7. The maximum Gasteiger partial charge on any atom is 0.255 e. The number of hydrogen-bond acceptors (Lipinski definition) is 3. The van der Waals surface area contributed by atoms with Gasteiger partial charge >= 0.3 is 0 Å². The minimum atomic E-state index is -0.183. The predicted molar refractivity (Wildman–Crippen MR) is 61.2 cm³/mol. The second-order valence-corrected chi connectivity index (χ2v) is 3.78. The monoisotopic (exact) mass is 225 g/mol. The van der Waals surface area contributed by atoms with Crippen LogP contribution in [0.5, 0.6) is 0 Å². The fourth-order valence-corrected chi connectivity index (χ4v) is 1.53. The van der Waals surface area contributed by atoms with E-state index in [2.05, 4.69) is 10.4 Å². The lowest BCUT2D eigenvalue weighted by atomic mass is 10.1. The van der Waals surface area contributed by atoms with Crippen molar-refractivity contribution in [1.82, 2.24) is 15.1 Å². The van der Waals surface area contributed by atoms with Crippen LogP contribution in [-0.4, -0.2) is 33.4 Å². The Kier molecular flexibility index (Phi) is 4.49. The van der Waals surface area contributed by atoms with Crippen molar-refractivity contribution in [3.8, 4) is 0 Å². The molecule has 90 valence electrons. The molecule has 16 heavy (non-hydrogen) atoms. The number of hydrogen-bond donors (Lipinski definition) is 2. The van der Waals surface area contributed by atoms with Gasteiger partial charge in [0.25, 0.3) is 5.91 Å². The summed E-state index contributed by atoms with van der Waals surface area (Å²) in [6.07, 6.45) is 3.14. The van der Waals surface area contributed by atoms with Gasteiger partial charge in [-0.3, -0.25) is 9.48 Å². The van der Waals surface area contributed by atoms with Crippen LogP contribution in [0.25, 0.3) is 0 Å². The average molecular weight is 225 g/mol. The maximum atomic E-state index is 11.9. The third-order valence-corrected chi connectivity index (χ3v) is 2.53. The Morgan fingerprint density at radius 2 is 2.31 bits per heavy atom. The maximum absolute atomic E-state index is 11.9. The van der Waals surface area contributed by atoms with E-state index in [0.717, 1.165) is 12.1 Å². The van der Waals surface area contributed by atoms with E-state index in [9.17, 15) is 4.79 Å². The first-order valence-electron chi connectivity index (χ1n) is 5.56. The second kappa shape index (κ2) is 5.65. The van der Waals surface area contributed by atoms with Crippen molar-refractivity contribution in [2.75, 3.05) is 6.61 Å². The lowest BCUT2D eigenvalue weighted by molar-refractivity contribution is 0.0914. The van der Waals surface area contributed by atoms with Gasteiger partial charge < -0.3 is 10.4 Å². The summed E-state index contributed by atoms with van der Waals surface area (Å²) < 4.78 is 1.63. The van der Waals surface area contributed by atoms with Gasteiger partial charge in [0.2, 0.25) is 0 Å². The summed E-state index contributed by atoms with van der Waals surface area (Å²) in [6.45, 7) is 3.84. The minimum Gasteiger partial charge on any atom is -0.394 e. The van der Waals surface area contributed by atoms with E-state index in [1.165, 1.54) is 0 Å². The van der Waals surface area contributed by atoms with Crippen LogP contribution >= 0.6 is 0 Å². The van der Waals surface area contributed by atoms with E-state index in [4.69, 9.17) is 5.11 Å². The van der Waals surface area contributed by atoms with Crippen LogP contribution in [0.2, 0.25) is 0 Å². The molecule has 0 aliphatic rings. The number of nitrogens with zero attached hydrogens (tertiary/aromatic N) is 2. The quantitative estimate of drug-likeness (QED) is 0.766. The lowest BCUT2D eigenvalue weighted by Crippen LogP contribution is -2.37. The highest BCUT2D eigenvalue weighted by Gasteiger charge is 2.16. The molecule has 0 spiro atoms. The summed E-state index contributed by atoms with van der Waals surface area (Å²) in [5.74, 6) is -0.161. The van der Waals surface area contributed by atoms with Gasteiger partial charge in [0.15, 0.2) is 0 Å². The molecule has 5 heteroatoms. The van der Waals surface area contributed by atoms with Crippen molar-refractivity contribution in [1.29, 1.82) is 0 Å². The molecular formula is C11H19N3O2. The highest BCUT2D eigenvalue weighted by atomic mass is 16.3. The molecule has 0 aromatic carbocycles. The summed E-state index contributed by atoms with van der Waals surface area (Å²) in [6, 6.07) is -0.183. The van der Waals surface area contributed by atoms with Crippen molar-refractivity contribution in [3.05, 3.63) is 17.5 Å². The second-order valence-electron chi connectivity index (χ2n) is 3.78. The Morgan fingerprint density at radius 1 is 1.62 bits per heavy atom. The van der Waals surface area contributed by atoms with Crippen LogP contribution in [-0.2, 0) is 13.5 Å². The highest BCUT2D eigenvalue weighted by Crippen LogP contribution is 2.07. The van der Waals surface area contributed by atoms with Gasteiger partial charge in [-0.2, -0.15) is 5.10 Å². The summed E-state index contributed by atoms with van der Waals surface area (Å²) >= 11 is 0. The van der Waals surface area contributed by atoms with Crippen molar-refractivity contribution in [2.45, 2.75) is 32.7 Å². The Bertz CT molecular complexity index is 356.